The van der Waals surface area contributed by atoms with Gasteiger partial charge in [0.1, 0.15) is 11.5 Å². The first kappa shape index (κ1) is 17.9. The molecule has 1 amide bonds. The largest absolute Gasteiger partial charge is 0.387 e. The molecule has 2 fully saturated rings. The highest BCUT2D eigenvalue weighted by molar-refractivity contribution is 5.92. The maximum Gasteiger partial charge on any atom is 0.274 e. The van der Waals surface area contributed by atoms with E-state index in [9.17, 15) is 9.90 Å². The SMILES string of the molecule is O=C(c1cncc(N2CCC(C(O)c3ccccn3)CC2)n1)N1CCCC1. The highest BCUT2D eigenvalue weighted by Gasteiger charge is 2.28. The van der Waals surface area contributed by atoms with E-state index in [1.165, 1.54) is 0 Å². The number of nitrogens with zero attached hydrogens (tertiary/aromatic N) is 5. The summed E-state index contributed by atoms with van der Waals surface area (Å²) < 4.78 is 0. The Morgan fingerprint density at radius 3 is 2.59 bits per heavy atom. The van der Waals surface area contributed by atoms with Gasteiger partial charge in [0.15, 0.2) is 0 Å². The van der Waals surface area contributed by atoms with Crippen LogP contribution in [0.25, 0.3) is 0 Å². The molecule has 0 saturated carbocycles. The number of carbonyl (C=O) groups excluding carboxylic acids is 1. The Bertz CT molecular complexity index is 771. The maximum atomic E-state index is 12.5. The van der Waals surface area contributed by atoms with Gasteiger partial charge in [0.2, 0.25) is 0 Å². The average Bonchev–Trinajstić information content (AvgIpc) is 3.28. The summed E-state index contributed by atoms with van der Waals surface area (Å²) in [6, 6.07) is 5.63. The van der Waals surface area contributed by atoms with Crippen molar-refractivity contribution in [2.24, 2.45) is 5.92 Å². The fourth-order valence-electron chi connectivity index (χ4n) is 3.93. The van der Waals surface area contributed by atoms with E-state index < -0.39 is 6.10 Å². The quantitative estimate of drug-likeness (QED) is 0.891. The molecule has 27 heavy (non-hydrogen) atoms. The van der Waals surface area contributed by atoms with Crippen LogP contribution >= 0.6 is 0 Å². The minimum absolute atomic E-state index is 0.0256. The number of rotatable bonds is 4. The first-order valence-corrected chi connectivity index (χ1v) is 9.67. The number of aliphatic hydroxyl groups excluding tert-OH is 1. The zero-order valence-electron chi connectivity index (χ0n) is 15.4. The molecule has 2 aliphatic rings. The Labute approximate surface area is 159 Å². The summed E-state index contributed by atoms with van der Waals surface area (Å²) in [6.45, 7) is 3.18. The number of hydrogen-bond donors (Lipinski definition) is 1. The predicted octanol–water partition coefficient (Wildman–Crippen LogP) is 2.06. The van der Waals surface area contributed by atoms with E-state index in [-0.39, 0.29) is 11.8 Å². The van der Waals surface area contributed by atoms with E-state index in [1.54, 1.807) is 18.6 Å². The Balaban J connectivity index is 1.39. The van der Waals surface area contributed by atoms with E-state index in [1.807, 2.05) is 23.1 Å². The van der Waals surface area contributed by atoms with Gasteiger partial charge in [-0.2, -0.15) is 0 Å². The second-order valence-corrected chi connectivity index (χ2v) is 7.29. The van der Waals surface area contributed by atoms with Crippen molar-refractivity contribution in [2.75, 3.05) is 31.1 Å². The molecular formula is C20H25N5O2. The van der Waals surface area contributed by atoms with Gasteiger partial charge in [0, 0.05) is 32.4 Å². The Hall–Kier alpha value is -2.54. The van der Waals surface area contributed by atoms with Crippen molar-refractivity contribution in [3.8, 4) is 0 Å². The van der Waals surface area contributed by atoms with Crippen molar-refractivity contribution < 1.29 is 9.90 Å². The predicted molar refractivity (Wildman–Crippen MR) is 101 cm³/mol. The molecule has 1 atom stereocenters. The third-order valence-electron chi connectivity index (χ3n) is 5.54. The molecule has 4 rings (SSSR count). The van der Waals surface area contributed by atoms with E-state index in [0.717, 1.165) is 63.4 Å². The Kier molecular flexibility index (Phi) is 5.29. The van der Waals surface area contributed by atoms with Gasteiger partial charge in [-0.1, -0.05) is 6.07 Å². The van der Waals surface area contributed by atoms with Crippen LogP contribution in [0.2, 0.25) is 0 Å². The zero-order valence-corrected chi connectivity index (χ0v) is 15.4. The van der Waals surface area contributed by atoms with Crippen LogP contribution in [0, 0.1) is 5.92 Å². The molecule has 2 aromatic heterocycles. The van der Waals surface area contributed by atoms with E-state index in [2.05, 4.69) is 19.9 Å². The second kappa shape index (κ2) is 8.00. The standard InChI is InChI=1S/C20H25N5O2/c26-19(16-5-1-2-8-22-16)15-6-11-24(12-7-15)18-14-21-13-17(23-18)20(27)25-9-3-4-10-25/h1-2,5,8,13-15,19,26H,3-4,6-7,9-12H2. The fourth-order valence-corrected chi connectivity index (χ4v) is 3.93. The lowest BCUT2D eigenvalue weighted by atomic mass is 9.89. The topological polar surface area (TPSA) is 82.5 Å². The van der Waals surface area contributed by atoms with Crippen LogP contribution in [0.5, 0.6) is 0 Å². The number of aliphatic hydroxyl groups is 1. The van der Waals surface area contributed by atoms with Gasteiger partial charge in [0.25, 0.3) is 5.91 Å². The van der Waals surface area contributed by atoms with E-state index in [0.29, 0.717) is 5.69 Å². The summed E-state index contributed by atoms with van der Waals surface area (Å²) in [4.78, 5) is 29.6. The molecule has 7 nitrogen and oxygen atoms in total. The number of amides is 1. The lowest BCUT2D eigenvalue weighted by Crippen LogP contribution is -2.37. The van der Waals surface area contributed by atoms with Crippen molar-refractivity contribution in [1.29, 1.82) is 0 Å². The summed E-state index contributed by atoms with van der Waals surface area (Å²) in [5, 5.41) is 10.6. The van der Waals surface area contributed by atoms with Gasteiger partial charge < -0.3 is 14.9 Å². The first-order valence-electron chi connectivity index (χ1n) is 9.67. The van der Waals surface area contributed by atoms with Crippen molar-refractivity contribution >= 4 is 11.7 Å². The summed E-state index contributed by atoms with van der Waals surface area (Å²) in [7, 11) is 0. The number of aromatic nitrogens is 3. The van der Waals surface area contributed by atoms with Crippen LogP contribution in [0.3, 0.4) is 0 Å². The van der Waals surface area contributed by atoms with Gasteiger partial charge in [0.05, 0.1) is 24.2 Å². The molecule has 4 heterocycles. The number of piperidine rings is 1. The minimum Gasteiger partial charge on any atom is -0.387 e. The molecule has 1 N–H and O–H groups in total. The Morgan fingerprint density at radius 1 is 1.11 bits per heavy atom. The molecule has 2 aromatic rings. The van der Waals surface area contributed by atoms with Crippen LogP contribution in [-0.4, -0.2) is 57.0 Å². The summed E-state index contributed by atoms with van der Waals surface area (Å²) >= 11 is 0. The fraction of sp³-hybridized carbons (Fsp3) is 0.500. The smallest absolute Gasteiger partial charge is 0.274 e. The van der Waals surface area contributed by atoms with Crippen LogP contribution < -0.4 is 4.90 Å². The molecule has 0 aromatic carbocycles. The van der Waals surface area contributed by atoms with Crippen LogP contribution in [0.1, 0.15) is 48.0 Å². The molecule has 0 aliphatic carbocycles. The molecule has 0 bridgehead atoms. The maximum absolute atomic E-state index is 12.5. The van der Waals surface area contributed by atoms with Crippen LogP contribution in [0.15, 0.2) is 36.8 Å². The lowest BCUT2D eigenvalue weighted by Gasteiger charge is -2.34. The number of hydrogen-bond acceptors (Lipinski definition) is 6. The molecule has 0 spiro atoms. The van der Waals surface area contributed by atoms with Gasteiger partial charge in [-0.05, 0) is 43.7 Å². The zero-order chi connectivity index (χ0) is 18.6. The molecule has 1 unspecified atom stereocenters. The van der Waals surface area contributed by atoms with Crippen LogP contribution in [0.4, 0.5) is 5.82 Å². The van der Waals surface area contributed by atoms with Crippen molar-refractivity contribution in [1.82, 2.24) is 19.9 Å². The van der Waals surface area contributed by atoms with Crippen LogP contribution in [-0.2, 0) is 0 Å². The third kappa shape index (κ3) is 3.93. The highest BCUT2D eigenvalue weighted by Crippen LogP contribution is 2.31. The van der Waals surface area contributed by atoms with Crippen molar-refractivity contribution in [3.05, 3.63) is 48.2 Å². The van der Waals surface area contributed by atoms with Gasteiger partial charge in [-0.3, -0.25) is 14.8 Å². The molecule has 142 valence electrons. The first-order chi connectivity index (χ1) is 13.2. The van der Waals surface area contributed by atoms with Gasteiger partial charge in [-0.15, -0.1) is 0 Å². The highest BCUT2D eigenvalue weighted by atomic mass is 16.3. The molecule has 2 saturated heterocycles. The average molecular weight is 367 g/mol. The van der Waals surface area contributed by atoms with E-state index >= 15 is 0 Å². The van der Waals surface area contributed by atoms with E-state index in [4.69, 9.17) is 0 Å². The minimum atomic E-state index is -0.539. The normalized spacial score (nSPS) is 19.3. The molecule has 2 aliphatic heterocycles. The van der Waals surface area contributed by atoms with Gasteiger partial charge >= 0.3 is 0 Å². The summed E-state index contributed by atoms with van der Waals surface area (Å²) in [5.74, 6) is 0.895. The molecule has 7 heteroatoms. The number of anilines is 1. The van der Waals surface area contributed by atoms with Gasteiger partial charge in [-0.25, -0.2) is 4.98 Å². The van der Waals surface area contributed by atoms with Crippen molar-refractivity contribution in [3.63, 3.8) is 0 Å². The lowest BCUT2D eigenvalue weighted by molar-refractivity contribution is 0.0786. The van der Waals surface area contributed by atoms with Crippen molar-refractivity contribution in [2.45, 2.75) is 31.8 Å². The number of likely N-dealkylation sites (tertiary alicyclic amines) is 1. The second-order valence-electron chi connectivity index (χ2n) is 7.29. The number of pyridine rings is 1. The number of carbonyl (C=O) groups is 1. The third-order valence-corrected chi connectivity index (χ3v) is 5.54. The Morgan fingerprint density at radius 2 is 1.89 bits per heavy atom. The monoisotopic (exact) mass is 367 g/mol. The summed E-state index contributed by atoms with van der Waals surface area (Å²) in [6.07, 6.45) is 8.27. The molecular weight excluding hydrogens is 342 g/mol. The summed E-state index contributed by atoms with van der Waals surface area (Å²) in [5.41, 5.74) is 1.15. The molecule has 0 radical (unpaired) electrons.